The molecule has 1 heteroatoms. The van der Waals surface area contributed by atoms with Crippen LogP contribution in [0.2, 0.25) is 0 Å². The fraction of sp³-hybridized carbons (Fsp3) is 0.500. The topological polar surface area (TPSA) is 12.4 Å². The largest absolute Gasteiger partial charge is 0.257 e. The summed E-state index contributed by atoms with van der Waals surface area (Å²) < 4.78 is 0. The van der Waals surface area contributed by atoms with E-state index >= 15 is 0 Å². The van der Waals surface area contributed by atoms with Gasteiger partial charge in [0, 0.05) is 12.1 Å². The molecule has 58 valence electrons. The van der Waals surface area contributed by atoms with Gasteiger partial charge in [-0.1, -0.05) is 12.7 Å². The number of allylic oxidation sites excluding steroid dienone is 2. The van der Waals surface area contributed by atoms with Gasteiger partial charge in [0.2, 0.25) is 0 Å². The SMILES string of the molecule is C=C(C)C1=CCC(C2CC2)=N1. The second-order valence-corrected chi connectivity index (χ2v) is 3.45. The van der Waals surface area contributed by atoms with Gasteiger partial charge in [-0.15, -0.1) is 0 Å². The van der Waals surface area contributed by atoms with E-state index in [1.54, 1.807) is 0 Å². The minimum absolute atomic E-state index is 0.822. The van der Waals surface area contributed by atoms with Crippen LogP contribution in [0.1, 0.15) is 26.2 Å². The molecule has 0 atom stereocenters. The Morgan fingerprint density at radius 3 is 2.82 bits per heavy atom. The van der Waals surface area contributed by atoms with Crippen LogP contribution in [-0.4, -0.2) is 5.71 Å². The monoisotopic (exact) mass is 147 g/mol. The van der Waals surface area contributed by atoms with E-state index in [0.29, 0.717) is 0 Å². The van der Waals surface area contributed by atoms with Crippen molar-refractivity contribution in [1.82, 2.24) is 0 Å². The maximum atomic E-state index is 4.53. The second kappa shape index (κ2) is 2.33. The van der Waals surface area contributed by atoms with Gasteiger partial charge in [-0.25, -0.2) is 0 Å². The van der Waals surface area contributed by atoms with Crippen molar-refractivity contribution < 1.29 is 0 Å². The number of hydrogen-bond acceptors (Lipinski definition) is 1. The lowest BCUT2D eigenvalue weighted by Crippen LogP contribution is -1.94. The third-order valence-corrected chi connectivity index (χ3v) is 2.25. The summed E-state index contributed by atoms with van der Waals surface area (Å²) in [5.41, 5.74) is 3.61. The van der Waals surface area contributed by atoms with Gasteiger partial charge in [0.05, 0.1) is 5.70 Å². The van der Waals surface area contributed by atoms with E-state index in [4.69, 9.17) is 0 Å². The van der Waals surface area contributed by atoms with Crippen LogP contribution >= 0.6 is 0 Å². The van der Waals surface area contributed by atoms with Gasteiger partial charge in [-0.3, -0.25) is 4.99 Å². The zero-order chi connectivity index (χ0) is 7.84. The van der Waals surface area contributed by atoms with Crippen LogP contribution in [0.25, 0.3) is 0 Å². The van der Waals surface area contributed by atoms with Gasteiger partial charge >= 0.3 is 0 Å². The van der Waals surface area contributed by atoms with Crippen molar-refractivity contribution in [3.05, 3.63) is 23.9 Å². The Bertz CT molecular complexity index is 254. The molecule has 0 saturated heterocycles. The van der Waals surface area contributed by atoms with Crippen molar-refractivity contribution in [3.63, 3.8) is 0 Å². The average Bonchev–Trinajstić information content (AvgIpc) is 2.68. The fourth-order valence-corrected chi connectivity index (χ4v) is 1.39. The van der Waals surface area contributed by atoms with Gasteiger partial charge in [0.1, 0.15) is 0 Å². The number of nitrogens with zero attached hydrogens (tertiary/aromatic N) is 1. The highest BCUT2D eigenvalue weighted by Gasteiger charge is 2.28. The van der Waals surface area contributed by atoms with Crippen molar-refractivity contribution in [2.75, 3.05) is 0 Å². The van der Waals surface area contributed by atoms with Crippen LogP contribution in [-0.2, 0) is 0 Å². The molecule has 0 N–H and O–H groups in total. The van der Waals surface area contributed by atoms with Crippen LogP contribution in [0.5, 0.6) is 0 Å². The van der Waals surface area contributed by atoms with Gasteiger partial charge < -0.3 is 0 Å². The summed E-state index contributed by atoms with van der Waals surface area (Å²) in [5, 5.41) is 0. The molecule has 1 aliphatic carbocycles. The smallest absolute Gasteiger partial charge is 0.0616 e. The molecule has 1 aliphatic heterocycles. The number of aliphatic imine (C=N–C) groups is 1. The van der Waals surface area contributed by atoms with Crippen LogP contribution in [0.3, 0.4) is 0 Å². The van der Waals surface area contributed by atoms with Gasteiger partial charge in [-0.2, -0.15) is 0 Å². The molecule has 0 radical (unpaired) electrons. The van der Waals surface area contributed by atoms with E-state index < -0.39 is 0 Å². The van der Waals surface area contributed by atoms with Crippen molar-refractivity contribution >= 4 is 5.71 Å². The zero-order valence-corrected chi connectivity index (χ0v) is 6.93. The fourth-order valence-electron chi connectivity index (χ4n) is 1.39. The summed E-state index contributed by atoms with van der Waals surface area (Å²) in [6.07, 6.45) is 5.98. The molecule has 1 fully saturated rings. The lowest BCUT2D eigenvalue weighted by molar-refractivity contribution is 1.15. The average molecular weight is 147 g/mol. The quantitative estimate of drug-likeness (QED) is 0.569. The first-order valence-electron chi connectivity index (χ1n) is 4.21. The summed E-state index contributed by atoms with van der Waals surface area (Å²) in [4.78, 5) is 4.53. The molecular weight excluding hydrogens is 134 g/mol. The molecule has 11 heavy (non-hydrogen) atoms. The Labute approximate surface area is 67.5 Å². The summed E-state index contributed by atoms with van der Waals surface area (Å²) in [6, 6.07) is 0. The molecule has 0 aromatic rings. The third kappa shape index (κ3) is 1.28. The van der Waals surface area contributed by atoms with Crippen molar-refractivity contribution in [1.29, 1.82) is 0 Å². The summed E-state index contributed by atoms with van der Waals surface area (Å²) >= 11 is 0. The molecule has 0 unspecified atom stereocenters. The first-order chi connectivity index (χ1) is 5.27. The molecule has 1 heterocycles. The highest BCUT2D eigenvalue weighted by molar-refractivity contribution is 5.93. The van der Waals surface area contributed by atoms with Crippen molar-refractivity contribution in [2.45, 2.75) is 26.2 Å². The first-order valence-corrected chi connectivity index (χ1v) is 4.21. The molecule has 2 aliphatic rings. The van der Waals surface area contributed by atoms with Crippen LogP contribution in [0, 0.1) is 5.92 Å². The number of rotatable bonds is 2. The Morgan fingerprint density at radius 1 is 1.64 bits per heavy atom. The van der Waals surface area contributed by atoms with Gasteiger partial charge in [0.25, 0.3) is 0 Å². The van der Waals surface area contributed by atoms with Crippen LogP contribution in [0.4, 0.5) is 0 Å². The summed E-state index contributed by atoms with van der Waals surface area (Å²) in [6.45, 7) is 5.89. The van der Waals surface area contributed by atoms with E-state index in [2.05, 4.69) is 17.6 Å². The Balaban J connectivity index is 2.10. The maximum absolute atomic E-state index is 4.53. The van der Waals surface area contributed by atoms with Gasteiger partial charge in [-0.05, 0) is 31.3 Å². The highest BCUT2D eigenvalue weighted by Crippen LogP contribution is 2.35. The normalized spacial score (nSPS) is 23.0. The van der Waals surface area contributed by atoms with E-state index in [-0.39, 0.29) is 0 Å². The standard InChI is InChI=1S/C10H13N/c1-7(2)9-5-6-10(11-9)8-3-4-8/h5,8H,1,3-4,6H2,2H3. The van der Waals surface area contributed by atoms with E-state index in [1.165, 1.54) is 18.6 Å². The molecule has 1 nitrogen and oxygen atoms in total. The predicted molar refractivity (Wildman–Crippen MR) is 47.7 cm³/mol. The van der Waals surface area contributed by atoms with Crippen molar-refractivity contribution in [2.24, 2.45) is 10.9 Å². The molecule has 0 amide bonds. The van der Waals surface area contributed by atoms with Crippen LogP contribution < -0.4 is 0 Å². The van der Waals surface area contributed by atoms with E-state index in [1.807, 2.05) is 6.92 Å². The van der Waals surface area contributed by atoms with E-state index in [0.717, 1.165) is 23.6 Å². The molecule has 1 saturated carbocycles. The first kappa shape index (κ1) is 6.84. The Kier molecular flexibility index (Phi) is 1.45. The summed E-state index contributed by atoms with van der Waals surface area (Å²) in [7, 11) is 0. The summed E-state index contributed by atoms with van der Waals surface area (Å²) in [5.74, 6) is 0.822. The molecule has 0 aromatic heterocycles. The molecular formula is C10H13N. The zero-order valence-electron chi connectivity index (χ0n) is 6.93. The second-order valence-electron chi connectivity index (χ2n) is 3.45. The Hall–Kier alpha value is -0.850. The predicted octanol–water partition coefficient (Wildman–Crippen LogP) is 2.70. The molecule has 2 rings (SSSR count). The maximum Gasteiger partial charge on any atom is 0.0616 e. The van der Waals surface area contributed by atoms with Crippen LogP contribution in [0.15, 0.2) is 28.9 Å². The highest BCUT2D eigenvalue weighted by atomic mass is 14.8. The molecule has 0 bridgehead atoms. The van der Waals surface area contributed by atoms with E-state index in [9.17, 15) is 0 Å². The lowest BCUT2D eigenvalue weighted by Gasteiger charge is -1.94. The molecule has 0 spiro atoms. The molecule has 0 aromatic carbocycles. The van der Waals surface area contributed by atoms with Gasteiger partial charge in [0.15, 0.2) is 0 Å². The minimum atomic E-state index is 0.822. The lowest BCUT2D eigenvalue weighted by atomic mass is 10.2. The van der Waals surface area contributed by atoms with Crippen molar-refractivity contribution in [3.8, 4) is 0 Å². The number of hydrogen-bond donors (Lipinski definition) is 0. The third-order valence-electron chi connectivity index (χ3n) is 2.25. The minimum Gasteiger partial charge on any atom is -0.257 e. The Morgan fingerprint density at radius 2 is 2.36 bits per heavy atom.